The molecule has 23 heavy (non-hydrogen) atoms. The van der Waals surface area contributed by atoms with Gasteiger partial charge in [0.15, 0.2) is 17.3 Å². The summed E-state index contributed by atoms with van der Waals surface area (Å²) in [5, 5.41) is 16.9. The molecule has 0 saturated carbocycles. The van der Waals surface area contributed by atoms with Crippen molar-refractivity contribution in [2.24, 2.45) is 0 Å². The summed E-state index contributed by atoms with van der Waals surface area (Å²) in [7, 11) is 0. The number of fused-ring (bicyclic) bond motifs is 3. The molecule has 0 bridgehead atoms. The predicted octanol–water partition coefficient (Wildman–Crippen LogP) is 2.21. The zero-order chi connectivity index (χ0) is 15.6. The number of likely N-dealkylation sites (tertiary alicyclic amines) is 1. The Hall–Kier alpha value is -1.69. The van der Waals surface area contributed by atoms with E-state index in [4.69, 9.17) is 5.10 Å². The average Bonchev–Trinajstić information content (AvgIpc) is 3.22. The third-order valence-corrected chi connectivity index (χ3v) is 5.16. The Morgan fingerprint density at radius 1 is 1.00 bits per heavy atom. The molecule has 1 aliphatic carbocycles. The van der Waals surface area contributed by atoms with E-state index in [1.165, 1.54) is 62.9 Å². The molecule has 6 nitrogen and oxygen atoms in total. The number of hydrogen-bond donors (Lipinski definition) is 1. The minimum atomic E-state index is 0.869. The molecular weight excluding hydrogens is 288 g/mol. The fourth-order valence-electron chi connectivity index (χ4n) is 3.90. The third kappa shape index (κ3) is 2.92. The van der Waals surface area contributed by atoms with Crippen molar-refractivity contribution >= 4 is 11.5 Å². The molecule has 0 amide bonds. The van der Waals surface area contributed by atoms with Crippen LogP contribution in [0.25, 0.3) is 5.65 Å². The lowest BCUT2D eigenvalue weighted by Crippen LogP contribution is -2.23. The third-order valence-electron chi connectivity index (χ3n) is 5.16. The standard InChI is InChI=1S/C17H26N6/c1-13-19-20-17-15-8-3-2-7-14(15)16(21-23(13)17)18-9-6-12-22-10-4-5-11-22/h2-12H2,1H3,(H,18,21). The minimum Gasteiger partial charge on any atom is -0.368 e. The van der Waals surface area contributed by atoms with E-state index in [0.717, 1.165) is 36.7 Å². The second-order valence-corrected chi connectivity index (χ2v) is 6.82. The minimum absolute atomic E-state index is 0.869. The molecule has 0 radical (unpaired) electrons. The SMILES string of the molecule is Cc1nnc2c3c(c(NCCCN4CCCC4)nn12)CCCC3. The van der Waals surface area contributed by atoms with Crippen molar-refractivity contribution in [3.8, 4) is 0 Å². The first kappa shape index (κ1) is 14.9. The number of rotatable bonds is 5. The summed E-state index contributed by atoms with van der Waals surface area (Å²) < 4.78 is 1.91. The number of aromatic nitrogens is 4. The van der Waals surface area contributed by atoms with Crippen LogP contribution in [0.15, 0.2) is 0 Å². The molecular formula is C17H26N6. The van der Waals surface area contributed by atoms with Crippen LogP contribution in [0.3, 0.4) is 0 Å². The van der Waals surface area contributed by atoms with Crippen LogP contribution in [0.1, 0.15) is 49.1 Å². The van der Waals surface area contributed by atoms with E-state index in [2.05, 4.69) is 20.4 Å². The summed E-state index contributed by atoms with van der Waals surface area (Å²) in [6.45, 7) is 6.71. The molecule has 6 heteroatoms. The van der Waals surface area contributed by atoms with Gasteiger partial charge in [0.1, 0.15) is 0 Å². The quantitative estimate of drug-likeness (QED) is 0.858. The van der Waals surface area contributed by atoms with Gasteiger partial charge in [-0.25, -0.2) is 0 Å². The molecule has 0 atom stereocenters. The van der Waals surface area contributed by atoms with Crippen molar-refractivity contribution < 1.29 is 0 Å². The van der Waals surface area contributed by atoms with Crippen LogP contribution in [0.4, 0.5) is 5.82 Å². The second-order valence-electron chi connectivity index (χ2n) is 6.82. The Balaban J connectivity index is 1.50. The molecule has 0 unspecified atom stereocenters. The van der Waals surface area contributed by atoms with Crippen molar-refractivity contribution in [2.45, 2.75) is 51.9 Å². The maximum atomic E-state index is 4.78. The lowest BCUT2D eigenvalue weighted by atomic mass is 9.93. The molecule has 124 valence electrons. The maximum Gasteiger partial charge on any atom is 0.181 e. The van der Waals surface area contributed by atoms with E-state index in [1.807, 2.05) is 11.4 Å². The zero-order valence-corrected chi connectivity index (χ0v) is 14.0. The summed E-state index contributed by atoms with van der Waals surface area (Å²) in [5.74, 6) is 1.92. The Bertz CT molecular complexity index is 686. The van der Waals surface area contributed by atoms with Gasteiger partial charge < -0.3 is 10.2 Å². The first-order valence-corrected chi connectivity index (χ1v) is 9.03. The molecule has 4 rings (SSSR count). The van der Waals surface area contributed by atoms with Gasteiger partial charge >= 0.3 is 0 Å². The molecule has 1 saturated heterocycles. The van der Waals surface area contributed by atoms with Crippen LogP contribution in [0.5, 0.6) is 0 Å². The predicted molar refractivity (Wildman–Crippen MR) is 90.9 cm³/mol. The van der Waals surface area contributed by atoms with Crippen LogP contribution in [0, 0.1) is 6.92 Å². The first-order valence-electron chi connectivity index (χ1n) is 9.03. The average molecular weight is 314 g/mol. The Morgan fingerprint density at radius 2 is 1.78 bits per heavy atom. The van der Waals surface area contributed by atoms with Gasteiger partial charge in [-0.1, -0.05) is 0 Å². The Morgan fingerprint density at radius 3 is 2.61 bits per heavy atom. The largest absolute Gasteiger partial charge is 0.368 e. The van der Waals surface area contributed by atoms with Crippen LogP contribution in [-0.4, -0.2) is 50.9 Å². The van der Waals surface area contributed by atoms with E-state index >= 15 is 0 Å². The fraction of sp³-hybridized carbons (Fsp3) is 0.706. The topological polar surface area (TPSA) is 58.4 Å². The lowest BCUT2D eigenvalue weighted by Gasteiger charge is -2.20. The maximum absolute atomic E-state index is 4.78. The van der Waals surface area contributed by atoms with Gasteiger partial charge in [0.25, 0.3) is 0 Å². The van der Waals surface area contributed by atoms with Gasteiger partial charge in [-0.05, 0) is 71.5 Å². The van der Waals surface area contributed by atoms with Crippen LogP contribution >= 0.6 is 0 Å². The van der Waals surface area contributed by atoms with Crippen LogP contribution in [0.2, 0.25) is 0 Å². The lowest BCUT2D eigenvalue weighted by molar-refractivity contribution is 0.337. The number of nitrogens with zero attached hydrogens (tertiary/aromatic N) is 5. The summed E-state index contributed by atoms with van der Waals surface area (Å²) in [6, 6.07) is 0. The highest BCUT2D eigenvalue weighted by molar-refractivity contribution is 5.60. The second kappa shape index (κ2) is 6.43. The summed E-state index contributed by atoms with van der Waals surface area (Å²) in [6.07, 6.45) is 8.61. The summed E-state index contributed by atoms with van der Waals surface area (Å²) >= 11 is 0. The molecule has 1 fully saturated rings. The fourth-order valence-corrected chi connectivity index (χ4v) is 3.90. The van der Waals surface area contributed by atoms with Crippen molar-refractivity contribution in [1.82, 2.24) is 24.7 Å². The number of hydrogen-bond acceptors (Lipinski definition) is 5. The van der Waals surface area contributed by atoms with Gasteiger partial charge in [0.05, 0.1) is 0 Å². The Labute approximate surface area is 137 Å². The normalized spacial score (nSPS) is 18.5. The molecule has 0 aromatic carbocycles. The van der Waals surface area contributed by atoms with Gasteiger partial charge in [0, 0.05) is 17.7 Å². The Kier molecular flexibility index (Phi) is 4.16. The highest BCUT2D eigenvalue weighted by atomic mass is 15.4. The van der Waals surface area contributed by atoms with Crippen molar-refractivity contribution in [3.63, 3.8) is 0 Å². The molecule has 1 N–H and O–H groups in total. The van der Waals surface area contributed by atoms with Gasteiger partial charge in [-0.15, -0.1) is 15.3 Å². The van der Waals surface area contributed by atoms with E-state index < -0.39 is 0 Å². The number of anilines is 1. The summed E-state index contributed by atoms with van der Waals surface area (Å²) in [4.78, 5) is 2.57. The molecule has 3 heterocycles. The highest BCUT2D eigenvalue weighted by Gasteiger charge is 2.21. The first-order chi connectivity index (χ1) is 11.3. The molecule has 0 spiro atoms. The monoisotopic (exact) mass is 314 g/mol. The smallest absolute Gasteiger partial charge is 0.181 e. The highest BCUT2D eigenvalue weighted by Crippen LogP contribution is 2.29. The van der Waals surface area contributed by atoms with E-state index in [0.29, 0.717) is 0 Å². The molecule has 2 aliphatic rings. The van der Waals surface area contributed by atoms with Crippen LogP contribution in [-0.2, 0) is 12.8 Å². The molecule has 2 aromatic rings. The van der Waals surface area contributed by atoms with E-state index in [-0.39, 0.29) is 0 Å². The van der Waals surface area contributed by atoms with Crippen molar-refractivity contribution in [3.05, 3.63) is 17.0 Å². The van der Waals surface area contributed by atoms with Gasteiger partial charge in [-0.2, -0.15) is 4.52 Å². The van der Waals surface area contributed by atoms with E-state index in [1.54, 1.807) is 0 Å². The van der Waals surface area contributed by atoms with Crippen molar-refractivity contribution in [1.29, 1.82) is 0 Å². The van der Waals surface area contributed by atoms with Crippen LogP contribution < -0.4 is 5.32 Å². The number of aryl methyl sites for hydroxylation is 2. The van der Waals surface area contributed by atoms with Crippen molar-refractivity contribution in [2.75, 3.05) is 31.5 Å². The van der Waals surface area contributed by atoms with Gasteiger partial charge in [-0.3, -0.25) is 0 Å². The molecule has 1 aliphatic heterocycles. The van der Waals surface area contributed by atoms with E-state index in [9.17, 15) is 0 Å². The zero-order valence-electron chi connectivity index (χ0n) is 14.0. The van der Waals surface area contributed by atoms with Gasteiger partial charge in [0.2, 0.25) is 0 Å². The molecule has 2 aromatic heterocycles. The summed E-state index contributed by atoms with van der Waals surface area (Å²) in [5.41, 5.74) is 3.69. The number of nitrogens with one attached hydrogen (secondary N) is 1.